The summed E-state index contributed by atoms with van der Waals surface area (Å²) in [6, 6.07) is 6.33. The molecule has 1 aromatic heterocycles. The van der Waals surface area contributed by atoms with E-state index in [0.717, 1.165) is 4.68 Å². The van der Waals surface area contributed by atoms with E-state index in [0.29, 0.717) is 11.6 Å². The molecule has 3 rings (SSSR count). The Labute approximate surface area is 205 Å². The topological polar surface area (TPSA) is 105 Å². The molecule has 0 spiro atoms. The van der Waals surface area contributed by atoms with E-state index in [4.69, 9.17) is 4.74 Å². The van der Waals surface area contributed by atoms with Crippen LogP contribution < -0.4 is 9.74 Å². The minimum atomic E-state index is -5.45. The van der Waals surface area contributed by atoms with E-state index in [1.54, 1.807) is 25.1 Å². The Morgan fingerprint density at radius 2 is 1.54 bits per heavy atom. The highest BCUT2D eigenvalue weighted by Crippen LogP contribution is 2.37. The first kappa shape index (κ1) is 27.7. The Kier molecular flexibility index (Phi) is 7.40. The summed E-state index contributed by atoms with van der Waals surface area (Å²) in [5.41, 5.74) is -4.99. The molecule has 37 heavy (non-hydrogen) atoms. The summed E-state index contributed by atoms with van der Waals surface area (Å²) in [6.07, 6.45) is -10.7. The fraction of sp³-hybridized carbons (Fsp3) is 0.227. The van der Waals surface area contributed by atoms with Crippen LogP contribution in [0, 0.1) is 6.92 Å². The maximum absolute atomic E-state index is 13.2. The summed E-state index contributed by atoms with van der Waals surface area (Å²) in [6.45, 7) is 2.78. The molecule has 0 saturated heterocycles. The lowest BCUT2D eigenvalue weighted by Crippen LogP contribution is -2.26. The third-order valence-electron chi connectivity index (χ3n) is 4.76. The molecule has 198 valence electrons. The molecule has 0 aliphatic rings. The maximum Gasteiger partial charge on any atom is 0.416 e. The molecule has 0 saturated carbocycles. The number of alkyl halides is 6. The molecule has 0 atom stereocenters. The largest absolute Gasteiger partial charge is 0.461 e. The molecular weight excluding hydrogens is 534 g/mol. The van der Waals surface area contributed by atoms with Crippen LogP contribution in [0.5, 0.6) is 5.75 Å². The van der Waals surface area contributed by atoms with Gasteiger partial charge in [0.2, 0.25) is 5.69 Å². The van der Waals surface area contributed by atoms with E-state index in [1.807, 2.05) is 0 Å². The molecule has 0 fully saturated rings. The molecule has 0 radical (unpaired) electrons. The second-order valence-electron chi connectivity index (χ2n) is 7.39. The zero-order valence-electron chi connectivity index (χ0n) is 18.8. The number of hydrogen-bond acceptors (Lipinski definition) is 7. The van der Waals surface area contributed by atoms with Crippen molar-refractivity contribution in [2.24, 2.45) is 0 Å². The predicted octanol–water partition coefficient (Wildman–Crippen LogP) is 4.52. The molecule has 8 nitrogen and oxygen atoms in total. The Bertz CT molecular complexity index is 1480. The van der Waals surface area contributed by atoms with Crippen LogP contribution in [0.2, 0.25) is 0 Å². The van der Waals surface area contributed by atoms with E-state index in [9.17, 15) is 44.3 Å². The molecule has 0 amide bonds. The highest BCUT2D eigenvalue weighted by atomic mass is 32.2. The number of aryl methyl sites for hydroxylation is 1. The molecule has 2 aromatic carbocycles. The second-order valence-corrected chi connectivity index (χ2v) is 8.94. The van der Waals surface area contributed by atoms with Gasteiger partial charge in [0.15, 0.2) is 5.75 Å². The third kappa shape index (κ3) is 6.10. The minimum absolute atomic E-state index is 0.0728. The van der Waals surface area contributed by atoms with E-state index < -0.39 is 61.5 Å². The maximum atomic E-state index is 13.2. The van der Waals surface area contributed by atoms with Gasteiger partial charge < -0.3 is 8.92 Å². The van der Waals surface area contributed by atoms with Gasteiger partial charge in [-0.05, 0) is 43.7 Å². The number of carbonyl (C=O) groups excluding carboxylic acids is 1. The fourth-order valence-corrected chi connectivity index (χ4v) is 4.06. The van der Waals surface area contributed by atoms with Gasteiger partial charge in [0, 0.05) is 0 Å². The van der Waals surface area contributed by atoms with Gasteiger partial charge in [-0.15, -0.1) is 0 Å². The van der Waals surface area contributed by atoms with Gasteiger partial charge in [0.1, 0.15) is 4.90 Å². The standard InChI is InChI=1S/C22H16F6N2O6S/c1-3-35-20(32)19-17(11-18(31)30(29-19)16-7-5-4-6-12(16)2)36-37(33,34)15-9-13(21(23,24)25)8-14(10-15)22(26,27)28/h4-11H,3H2,1-2H3. The Morgan fingerprint density at radius 1 is 0.973 bits per heavy atom. The summed E-state index contributed by atoms with van der Waals surface area (Å²) in [4.78, 5) is 23.6. The number of nitrogens with zero attached hydrogens (tertiary/aromatic N) is 2. The van der Waals surface area contributed by atoms with Crippen LogP contribution in [-0.4, -0.2) is 30.8 Å². The van der Waals surface area contributed by atoms with Crippen molar-refractivity contribution in [3.63, 3.8) is 0 Å². The van der Waals surface area contributed by atoms with Crippen molar-refractivity contribution in [3.8, 4) is 11.4 Å². The van der Waals surface area contributed by atoms with Crippen LogP contribution in [-0.2, 0) is 27.2 Å². The number of halogens is 6. The third-order valence-corrected chi connectivity index (χ3v) is 5.97. The highest BCUT2D eigenvalue weighted by Gasteiger charge is 2.39. The summed E-state index contributed by atoms with van der Waals surface area (Å²) in [5, 5.41) is 3.79. The van der Waals surface area contributed by atoms with E-state index >= 15 is 0 Å². The van der Waals surface area contributed by atoms with Crippen molar-refractivity contribution in [1.29, 1.82) is 0 Å². The quantitative estimate of drug-likeness (QED) is 0.253. The first-order valence-electron chi connectivity index (χ1n) is 10.2. The number of esters is 1. The number of benzene rings is 2. The Hall–Kier alpha value is -3.88. The van der Waals surface area contributed by atoms with Gasteiger partial charge in [-0.1, -0.05) is 18.2 Å². The van der Waals surface area contributed by atoms with Gasteiger partial charge in [0.05, 0.1) is 29.5 Å². The molecule has 15 heteroatoms. The van der Waals surface area contributed by atoms with Crippen molar-refractivity contribution >= 4 is 16.1 Å². The zero-order valence-corrected chi connectivity index (χ0v) is 19.7. The lowest BCUT2D eigenvalue weighted by atomic mass is 10.1. The minimum Gasteiger partial charge on any atom is -0.461 e. The summed E-state index contributed by atoms with van der Waals surface area (Å²) >= 11 is 0. The monoisotopic (exact) mass is 550 g/mol. The highest BCUT2D eigenvalue weighted by molar-refractivity contribution is 7.87. The molecule has 0 N–H and O–H groups in total. The molecular formula is C22H16F6N2O6S. The van der Waals surface area contributed by atoms with Crippen molar-refractivity contribution in [2.45, 2.75) is 31.1 Å². The van der Waals surface area contributed by atoms with Crippen molar-refractivity contribution in [1.82, 2.24) is 9.78 Å². The van der Waals surface area contributed by atoms with Gasteiger partial charge in [-0.2, -0.15) is 44.5 Å². The molecule has 1 heterocycles. The lowest BCUT2D eigenvalue weighted by Gasteiger charge is -2.16. The number of para-hydroxylation sites is 1. The number of carbonyl (C=O) groups is 1. The number of rotatable bonds is 6. The zero-order chi connectivity index (χ0) is 27.8. The lowest BCUT2D eigenvalue weighted by molar-refractivity contribution is -0.143. The molecule has 0 unspecified atom stereocenters. The summed E-state index contributed by atoms with van der Waals surface area (Å²) < 4.78 is 115. The van der Waals surface area contributed by atoms with Crippen molar-refractivity contribution < 1.29 is 48.5 Å². The van der Waals surface area contributed by atoms with Gasteiger partial charge in [0.25, 0.3) is 5.56 Å². The van der Waals surface area contributed by atoms with Gasteiger partial charge >= 0.3 is 28.4 Å². The summed E-state index contributed by atoms with van der Waals surface area (Å²) in [7, 11) is -5.45. The number of hydrogen-bond donors (Lipinski definition) is 0. The smallest absolute Gasteiger partial charge is 0.416 e. The van der Waals surface area contributed by atoms with E-state index in [-0.39, 0.29) is 30.5 Å². The average Bonchev–Trinajstić information content (AvgIpc) is 2.78. The average molecular weight is 550 g/mol. The number of aromatic nitrogens is 2. The molecule has 0 aliphatic heterocycles. The van der Waals surface area contributed by atoms with Crippen LogP contribution in [0.15, 0.2) is 58.2 Å². The first-order valence-corrected chi connectivity index (χ1v) is 11.6. The van der Waals surface area contributed by atoms with Gasteiger partial charge in [-0.25, -0.2) is 4.79 Å². The predicted molar refractivity (Wildman–Crippen MR) is 115 cm³/mol. The molecule has 0 aliphatic carbocycles. The van der Waals surface area contributed by atoms with E-state index in [2.05, 4.69) is 9.28 Å². The van der Waals surface area contributed by atoms with Crippen LogP contribution in [0.4, 0.5) is 26.3 Å². The normalized spacial score (nSPS) is 12.3. The SMILES string of the molecule is CCOC(=O)c1nn(-c2ccccc2C)c(=O)cc1OS(=O)(=O)c1cc(C(F)(F)F)cc(C(F)(F)F)c1. The Morgan fingerprint density at radius 3 is 2.05 bits per heavy atom. The van der Waals surface area contributed by atoms with Gasteiger partial charge in [-0.3, -0.25) is 4.79 Å². The van der Waals surface area contributed by atoms with Crippen LogP contribution in [0.25, 0.3) is 5.69 Å². The van der Waals surface area contributed by atoms with Crippen molar-refractivity contribution in [2.75, 3.05) is 6.61 Å². The van der Waals surface area contributed by atoms with Crippen LogP contribution in [0.1, 0.15) is 34.1 Å². The van der Waals surface area contributed by atoms with Crippen molar-refractivity contribution in [3.05, 3.63) is 81.3 Å². The Balaban J connectivity index is 2.20. The first-order chi connectivity index (χ1) is 17.0. The molecule has 3 aromatic rings. The van der Waals surface area contributed by atoms with Crippen LogP contribution >= 0.6 is 0 Å². The molecule has 0 bridgehead atoms. The van der Waals surface area contributed by atoms with Crippen LogP contribution in [0.3, 0.4) is 0 Å². The number of ether oxygens (including phenoxy) is 1. The second kappa shape index (κ2) is 9.88. The fourth-order valence-electron chi connectivity index (χ4n) is 3.06. The summed E-state index contributed by atoms with van der Waals surface area (Å²) in [5.74, 6) is -2.32. The van der Waals surface area contributed by atoms with E-state index in [1.165, 1.54) is 13.0 Å².